The lowest BCUT2D eigenvalue weighted by molar-refractivity contribution is 0.0571. The second-order valence-corrected chi connectivity index (χ2v) is 5.61. The van der Waals surface area contributed by atoms with Gasteiger partial charge in [0.1, 0.15) is 11.5 Å². The largest absolute Gasteiger partial charge is 0.497 e. The summed E-state index contributed by atoms with van der Waals surface area (Å²) in [6.45, 7) is 1.77. The number of rotatable bonds is 5. The Balaban J connectivity index is 2.31. The Kier molecular flexibility index (Phi) is 4.76. The van der Waals surface area contributed by atoms with Crippen molar-refractivity contribution in [3.8, 4) is 11.5 Å². The first kappa shape index (κ1) is 15.7. The van der Waals surface area contributed by atoms with E-state index in [-0.39, 0.29) is 0 Å². The van der Waals surface area contributed by atoms with E-state index in [1.807, 2.05) is 36.4 Å². The van der Waals surface area contributed by atoms with E-state index in [0.717, 1.165) is 11.1 Å². The average Bonchev–Trinajstić information content (AvgIpc) is 2.48. The maximum atomic E-state index is 10.8. The van der Waals surface area contributed by atoms with E-state index in [1.54, 1.807) is 27.2 Å². The first-order valence-electron chi connectivity index (χ1n) is 6.65. The summed E-state index contributed by atoms with van der Waals surface area (Å²) in [5.74, 6) is 1.31. The zero-order valence-electron chi connectivity index (χ0n) is 12.4. The highest BCUT2D eigenvalue weighted by Crippen LogP contribution is 2.32. The molecular weight excluding hydrogens is 288 g/mol. The molecule has 0 heterocycles. The van der Waals surface area contributed by atoms with Gasteiger partial charge in [0.2, 0.25) is 0 Å². The fourth-order valence-electron chi connectivity index (χ4n) is 2.22. The van der Waals surface area contributed by atoms with Crippen LogP contribution in [0.1, 0.15) is 18.1 Å². The molecule has 0 bridgehead atoms. The Hall–Kier alpha value is -1.71. The lowest BCUT2D eigenvalue weighted by atomic mass is 9.89. The van der Waals surface area contributed by atoms with Crippen LogP contribution in [-0.2, 0) is 12.0 Å². The highest BCUT2D eigenvalue weighted by molar-refractivity contribution is 6.30. The van der Waals surface area contributed by atoms with Crippen molar-refractivity contribution in [2.75, 3.05) is 14.2 Å². The van der Waals surface area contributed by atoms with Gasteiger partial charge in [-0.2, -0.15) is 0 Å². The molecule has 0 amide bonds. The van der Waals surface area contributed by atoms with Gasteiger partial charge in [0.05, 0.1) is 19.8 Å². The molecule has 1 unspecified atom stereocenters. The predicted molar refractivity (Wildman–Crippen MR) is 84.3 cm³/mol. The van der Waals surface area contributed by atoms with Crippen LogP contribution in [-0.4, -0.2) is 19.3 Å². The molecule has 4 heteroatoms. The standard InChI is InChI=1S/C17H19ClO3/c1-17(19,11-12-4-6-14(18)7-5-12)13-8-15(20-2)10-16(9-13)21-3/h4-10,19H,11H2,1-3H3. The molecule has 2 aromatic rings. The molecular formula is C17H19ClO3. The van der Waals surface area contributed by atoms with Crippen LogP contribution in [0.25, 0.3) is 0 Å². The van der Waals surface area contributed by atoms with E-state index in [9.17, 15) is 5.11 Å². The second kappa shape index (κ2) is 6.37. The van der Waals surface area contributed by atoms with Gasteiger partial charge in [0, 0.05) is 17.5 Å². The van der Waals surface area contributed by atoms with Crippen molar-refractivity contribution in [1.29, 1.82) is 0 Å². The lowest BCUT2D eigenvalue weighted by Gasteiger charge is -2.25. The van der Waals surface area contributed by atoms with Crippen LogP contribution in [0.4, 0.5) is 0 Å². The average molecular weight is 307 g/mol. The summed E-state index contributed by atoms with van der Waals surface area (Å²) in [6.07, 6.45) is 0.473. The third-order valence-corrected chi connectivity index (χ3v) is 3.69. The van der Waals surface area contributed by atoms with E-state index < -0.39 is 5.60 Å². The van der Waals surface area contributed by atoms with Gasteiger partial charge in [0.15, 0.2) is 0 Å². The molecule has 0 radical (unpaired) electrons. The third kappa shape index (κ3) is 3.90. The van der Waals surface area contributed by atoms with E-state index in [0.29, 0.717) is 22.9 Å². The minimum atomic E-state index is -1.03. The van der Waals surface area contributed by atoms with Crippen LogP contribution >= 0.6 is 11.6 Å². The predicted octanol–water partition coefficient (Wildman–Crippen LogP) is 3.81. The summed E-state index contributed by atoms with van der Waals surface area (Å²) < 4.78 is 10.5. The zero-order chi connectivity index (χ0) is 15.5. The fourth-order valence-corrected chi connectivity index (χ4v) is 2.35. The van der Waals surface area contributed by atoms with Crippen LogP contribution in [0.2, 0.25) is 5.02 Å². The molecule has 2 aromatic carbocycles. The van der Waals surface area contributed by atoms with Gasteiger partial charge in [-0.1, -0.05) is 23.7 Å². The molecule has 0 saturated carbocycles. The van der Waals surface area contributed by atoms with Gasteiger partial charge in [-0.25, -0.2) is 0 Å². The number of halogens is 1. The topological polar surface area (TPSA) is 38.7 Å². The van der Waals surface area contributed by atoms with Crippen LogP contribution in [0, 0.1) is 0 Å². The molecule has 1 atom stereocenters. The number of benzene rings is 2. The maximum absolute atomic E-state index is 10.8. The van der Waals surface area contributed by atoms with E-state index in [1.165, 1.54) is 0 Å². The van der Waals surface area contributed by atoms with Gasteiger partial charge < -0.3 is 14.6 Å². The third-order valence-electron chi connectivity index (χ3n) is 3.43. The number of aliphatic hydroxyl groups is 1. The normalized spacial score (nSPS) is 13.6. The Morgan fingerprint density at radius 1 is 1.00 bits per heavy atom. The molecule has 112 valence electrons. The van der Waals surface area contributed by atoms with E-state index >= 15 is 0 Å². The SMILES string of the molecule is COc1cc(OC)cc(C(C)(O)Cc2ccc(Cl)cc2)c1. The summed E-state index contributed by atoms with van der Waals surface area (Å²) in [6, 6.07) is 12.9. The molecule has 0 fully saturated rings. The van der Waals surface area contributed by atoms with Gasteiger partial charge in [-0.15, -0.1) is 0 Å². The molecule has 0 saturated heterocycles. The fraction of sp³-hybridized carbons (Fsp3) is 0.294. The van der Waals surface area contributed by atoms with Crippen molar-refractivity contribution < 1.29 is 14.6 Å². The monoisotopic (exact) mass is 306 g/mol. The maximum Gasteiger partial charge on any atom is 0.122 e. The summed E-state index contributed by atoms with van der Waals surface area (Å²) in [5.41, 5.74) is 0.718. The number of ether oxygens (including phenoxy) is 2. The van der Waals surface area contributed by atoms with Gasteiger partial charge in [-0.05, 0) is 42.3 Å². The molecule has 21 heavy (non-hydrogen) atoms. The van der Waals surface area contributed by atoms with Crippen molar-refractivity contribution in [3.63, 3.8) is 0 Å². The first-order chi connectivity index (χ1) is 9.94. The molecule has 0 aliphatic heterocycles. The van der Waals surface area contributed by atoms with Gasteiger partial charge in [-0.3, -0.25) is 0 Å². The molecule has 0 aliphatic carbocycles. The number of hydrogen-bond acceptors (Lipinski definition) is 3. The Bertz CT molecular complexity index is 584. The lowest BCUT2D eigenvalue weighted by Crippen LogP contribution is -2.24. The van der Waals surface area contributed by atoms with Crippen molar-refractivity contribution in [2.45, 2.75) is 18.9 Å². The minimum Gasteiger partial charge on any atom is -0.497 e. The second-order valence-electron chi connectivity index (χ2n) is 5.18. The molecule has 3 nitrogen and oxygen atoms in total. The summed E-state index contributed by atoms with van der Waals surface area (Å²) in [5, 5.41) is 11.5. The molecule has 0 spiro atoms. The van der Waals surface area contributed by atoms with Gasteiger partial charge >= 0.3 is 0 Å². The highest BCUT2D eigenvalue weighted by atomic mass is 35.5. The Morgan fingerprint density at radius 2 is 1.52 bits per heavy atom. The minimum absolute atomic E-state index is 0.473. The smallest absolute Gasteiger partial charge is 0.122 e. The first-order valence-corrected chi connectivity index (χ1v) is 7.03. The molecule has 1 N–H and O–H groups in total. The summed E-state index contributed by atoms with van der Waals surface area (Å²) in [7, 11) is 3.18. The van der Waals surface area contributed by atoms with Crippen molar-refractivity contribution in [2.24, 2.45) is 0 Å². The Morgan fingerprint density at radius 3 is 2.00 bits per heavy atom. The Labute approximate surface area is 130 Å². The van der Waals surface area contributed by atoms with Crippen molar-refractivity contribution in [3.05, 3.63) is 58.6 Å². The summed E-state index contributed by atoms with van der Waals surface area (Å²) >= 11 is 5.88. The quantitative estimate of drug-likeness (QED) is 0.913. The van der Waals surface area contributed by atoms with E-state index in [4.69, 9.17) is 21.1 Å². The van der Waals surface area contributed by atoms with Crippen molar-refractivity contribution in [1.82, 2.24) is 0 Å². The number of hydrogen-bond donors (Lipinski definition) is 1. The summed E-state index contributed by atoms with van der Waals surface area (Å²) in [4.78, 5) is 0. The molecule has 0 aliphatic rings. The van der Waals surface area contributed by atoms with Crippen LogP contribution in [0.15, 0.2) is 42.5 Å². The van der Waals surface area contributed by atoms with Crippen LogP contribution in [0.5, 0.6) is 11.5 Å². The van der Waals surface area contributed by atoms with E-state index in [2.05, 4.69) is 0 Å². The highest BCUT2D eigenvalue weighted by Gasteiger charge is 2.25. The van der Waals surface area contributed by atoms with Crippen LogP contribution in [0.3, 0.4) is 0 Å². The molecule has 2 rings (SSSR count). The zero-order valence-corrected chi connectivity index (χ0v) is 13.1. The van der Waals surface area contributed by atoms with Crippen molar-refractivity contribution >= 4 is 11.6 Å². The molecule has 0 aromatic heterocycles. The number of methoxy groups -OCH3 is 2. The van der Waals surface area contributed by atoms with Crippen LogP contribution < -0.4 is 9.47 Å². The van der Waals surface area contributed by atoms with Gasteiger partial charge in [0.25, 0.3) is 0 Å².